The molecule has 0 saturated carbocycles. The summed E-state index contributed by atoms with van der Waals surface area (Å²) in [6, 6.07) is 6.17. The molecule has 0 nitrogen and oxygen atoms in total. The van der Waals surface area contributed by atoms with Crippen molar-refractivity contribution >= 4 is 40.2 Å². The molecule has 0 aliphatic heterocycles. The highest BCUT2D eigenvalue weighted by Gasteiger charge is 2.00. The Labute approximate surface area is 82.9 Å². The van der Waals surface area contributed by atoms with Crippen LogP contribution >= 0.6 is 22.8 Å². The Bertz CT molecular complexity index is 305. The van der Waals surface area contributed by atoms with Crippen LogP contribution in [0.25, 0.3) is 12.2 Å². The zero-order chi connectivity index (χ0) is 8.97. The zero-order valence-corrected chi connectivity index (χ0v) is 9.26. The molecule has 0 bridgehead atoms. The predicted molar refractivity (Wildman–Crippen MR) is 63.5 cm³/mol. The van der Waals surface area contributed by atoms with E-state index in [2.05, 4.69) is 34.7 Å². The number of hydrogen-bond donors (Lipinski definition) is 0. The molecule has 62 valence electrons. The van der Waals surface area contributed by atoms with Gasteiger partial charge in [0.25, 0.3) is 0 Å². The van der Waals surface area contributed by atoms with Crippen LogP contribution in [-0.2, 0) is 0 Å². The Morgan fingerprint density at radius 1 is 1.25 bits per heavy atom. The van der Waals surface area contributed by atoms with E-state index in [0.717, 1.165) is 5.56 Å². The predicted octanol–water partition coefficient (Wildman–Crippen LogP) is 3.59. The summed E-state index contributed by atoms with van der Waals surface area (Å²) in [4.78, 5) is 0. The highest BCUT2D eigenvalue weighted by Crippen LogP contribution is 2.24. The van der Waals surface area contributed by atoms with E-state index in [-0.39, 0.29) is 0 Å². The molecule has 0 aromatic heterocycles. The lowest BCUT2D eigenvalue weighted by atomic mass is 10.1. The lowest BCUT2D eigenvalue weighted by Crippen LogP contribution is -1.99. The van der Waals surface area contributed by atoms with Gasteiger partial charge in [0.05, 0.1) is 0 Å². The van der Waals surface area contributed by atoms with E-state index in [1.165, 1.54) is 10.9 Å². The quantitative estimate of drug-likeness (QED) is 0.709. The van der Waals surface area contributed by atoms with Crippen LogP contribution in [-0.4, -0.2) is 0 Å². The molecule has 1 atom stereocenters. The minimum atomic E-state index is 0.629. The minimum Gasteiger partial charge on any atom is -0.0984 e. The molecule has 1 rings (SSSR count). The maximum atomic E-state index is 3.78. The van der Waals surface area contributed by atoms with Gasteiger partial charge in [0.15, 0.2) is 0 Å². The molecule has 1 unspecified atom stereocenters. The summed E-state index contributed by atoms with van der Waals surface area (Å²) in [5, 5.41) is 1.28. The molecule has 0 spiro atoms. The van der Waals surface area contributed by atoms with Crippen LogP contribution in [0.5, 0.6) is 0 Å². The highest BCUT2D eigenvalue weighted by molar-refractivity contribution is 9.37. The van der Waals surface area contributed by atoms with Crippen molar-refractivity contribution in [3.63, 3.8) is 0 Å². The first kappa shape index (κ1) is 9.70. The van der Waals surface area contributed by atoms with E-state index >= 15 is 0 Å². The van der Waals surface area contributed by atoms with Crippen molar-refractivity contribution < 1.29 is 0 Å². The number of halogens is 1. The van der Waals surface area contributed by atoms with E-state index < -0.39 is 0 Å². The van der Waals surface area contributed by atoms with Gasteiger partial charge in [-0.2, -0.15) is 0 Å². The summed E-state index contributed by atoms with van der Waals surface area (Å²) in [6.45, 7) is 7.54. The smallest absolute Gasteiger partial charge is 0.00828 e. The van der Waals surface area contributed by atoms with Gasteiger partial charge in [-0.15, -0.1) is 0 Å². The van der Waals surface area contributed by atoms with E-state index in [9.17, 15) is 0 Å². The number of hydrogen-bond acceptors (Lipinski definition) is 0. The van der Waals surface area contributed by atoms with E-state index in [1.54, 1.807) is 0 Å². The highest BCUT2D eigenvalue weighted by atomic mass is 79.9. The Morgan fingerprint density at radius 3 is 2.50 bits per heavy atom. The third-order valence-corrected chi connectivity index (χ3v) is 3.59. The zero-order valence-electron chi connectivity index (χ0n) is 6.68. The maximum Gasteiger partial charge on any atom is -0.00828 e. The largest absolute Gasteiger partial charge is 0.0984 e. The second-order valence-corrected chi connectivity index (χ2v) is 4.23. The standard InChI is InChI=1S/C10H10BrP/c1-3-8-6-5-7-10(12-11)9(8)4-2/h3-7,12H,1-2H2. The summed E-state index contributed by atoms with van der Waals surface area (Å²) in [6.07, 6.45) is 3.73. The molecule has 0 aliphatic rings. The average molecular weight is 241 g/mol. The third kappa shape index (κ3) is 1.85. The van der Waals surface area contributed by atoms with Crippen molar-refractivity contribution in [2.75, 3.05) is 0 Å². The van der Waals surface area contributed by atoms with Gasteiger partial charge in [-0.1, -0.05) is 59.0 Å². The van der Waals surface area contributed by atoms with Crippen molar-refractivity contribution in [3.8, 4) is 0 Å². The molecule has 0 N–H and O–H groups in total. The molecule has 1 aromatic rings. The number of rotatable bonds is 3. The Balaban J connectivity index is 3.31. The molecule has 1 aromatic carbocycles. The molecule has 0 amide bonds. The van der Waals surface area contributed by atoms with Crippen LogP contribution in [0.2, 0.25) is 0 Å². The van der Waals surface area contributed by atoms with Crippen molar-refractivity contribution in [3.05, 3.63) is 42.5 Å². The molecule has 0 heterocycles. The fraction of sp³-hybridized carbons (Fsp3) is 0. The molecule has 0 aliphatic carbocycles. The fourth-order valence-corrected chi connectivity index (χ4v) is 2.62. The second-order valence-electron chi connectivity index (χ2n) is 2.31. The maximum absolute atomic E-state index is 3.78. The molecule has 0 saturated heterocycles. The van der Waals surface area contributed by atoms with Gasteiger partial charge in [-0.05, 0) is 23.7 Å². The molecule has 0 fully saturated rings. The van der Waals surface area contributed by atoms with E-state index in [1.807, 2.05) is 24.3 Å². The first-order chi connectivity index (χ1) is 5.83. The van der Waals surface area contributed by atoms with Crippen LogP contribution in [0.15, 0.2) is 31.4 Å². The van der Waals surface area contributed by atoms with Gasteiger partial charge in [-0.25, -0.2) is 0 Å². The van der Waals surface area contributed by atoms with Gasteiger partial charge in [0.1, 0.15) is 0 Å². The first-order valence-corrected chi connectivity index (χ1v) is 6.83. The summed E-state index contributed by atoms with van der Waals surface area (Å²) in [5.41, 5.74) is 2.33. The summed E-state index contributed by atoms with van der Waals surface area (Å²) < 4.78 is 0. The summed E-state index contributed by atoms with van der Waals surface area (Å²) in [7, 11) is 0.629. The van der Waals surface area contributed by atoms with Crippen LogP contribution in [0.1, 0.15) is 11.1 Å². The molecule has 0 radical (unpaired) electrons. The van der Waals surface area contributed by atoms with Gasteiger partial charge >= 0.3 is 0 Å². The topological polar surface area (TPSA) is 0 Å². The summed E-state index contributed by atoms with van der Waals surface area (Å²) >= 11 is 3.46. The van der Waals surface area contributed by atoms with Crippen LogP contribution in [0.3, 0.4) is 0 Å². The van der Waals surface area contributed by atoms with Gasteiger partial charge in [-0.3, -0.25) is 0 Å². The van der Waals surface area contributed by atoms with E-state index in [4.69, 9.17) is 0 Å². The number of benzene rings is 1. The Kier molecular flexibility index (Phi) is 3.71. The van der Waals surface area contributed by atoms with Gasteiger partial charge < -0.3 is 0 Å². The van der Waals surface area contributed by atoms with Crippen molar-refractivity contribution in [2.45, 2.75) is 0 Å². The van der Waals surface area contributed by atoms with Crippen molar-refractivity contribution in [1.82, 2.24) is 0 Å². The summed E-state index contributed by atoms with van der Waals surface area (Å²) in [5.74, 6) is 0. The average Bonchev–Trinajstić information content (AvgIpc) is 2.16. The lowest BCUT2D eigenvalue weighted by molar-refractivity contribution is 1.67. The molecular formula is C10H10BrP. The first-order valence-electron chi connectivity index (χ1n) is 3.58. The van der Waals surface area contributed by atoms with Crippen LogP contribution in [0.4, 0.5) is 0 Å². The van der Waals surface area contributed by atoms with Crippen molar-refractivity contribution in [2.24, 2.45) is 0 Å². The van der Waals surface area contributed by atoms with Crippen LogP contribution in [0, 0.1) is 0 Å². The molecule has 12 heavy (non-hydrogen) atoms. The SMILES string of the molecule is C=Cc1cccc(PBr)c1C=C. The molecular weight excluding hydrogens is 231 g/mol. The Morgan fingerprint density at radius 2 is 2.00 bits per heavy atom. The molecule has 2 heteroatoms. The van der Waals surface area contributed by atoms with Crippen molar-refractivity contribution in [1.29, 1.82) is 0 Å². The second kappa shape index (κ2) is 4.59. The Hall–Kier alpha value is -0.390. The lowest BCUT2D eigenvalue weighted by Gasteiger charge is -2.05. The minimum absolute atomic E-state index is 0.629. The van der Waals surface area contributed by atoms with Gasteiger partial charge in [0.2, 0.25) is 0 Å². The fourth-order valence-electron chi connectivity index (χ4n) is 1.07. The van der Waals surface area contributed by atoms with Crippen LogP contribution < -0.4 is 5.30 Å². The monoisotopic (exact) mass is 240 g/mol. The van der Waals surface area contributed by atoms with Gasteiger partial charge in [0, 0.05) is 0 Å². The normalized spacial score (nSPS) is 10.4. The third-order valence-electron chi connectivity index (χ3n) is 1.67. The van der Waals surface area contributed by atoms with E-state index in [0.29, 0.717) is 7.28 Å².